The highest BCUT2D eigenvalue weighted by atomic mass is 16.5. The third-order valence-corrected chi connectivity index (χ3v) is 2.04. The van der Waals surface area contributed by atoms with Crippen molar-refractivity contribution in [3.63, 3.8) is 0 Å². The Hall–Kier alpha value is -0.610. The number of nitrogens with one attached hydrogen (secondary N) is 1. The van der Waals surface area contributed by atoms with Gasteiger partial charge in [-0.1, -0.05) is 0 Å². The second-order valence-corrected chi connectivity index (χ2v) is 2.79. The zero-order valence-corrected chi connectivity index (χ0v) is 6.67. The number of piperidine rings is 1. The summed E-state index contributed by atoms with van der Waals surface area (Å²) in [5.74, 6) is -0.363. The molecule has 1 fully saturated rings. The Labute approximate surface area is 66.1 Å². The Morgan fingerprint density at radius 2 is 2.45 bits per heavy atom. The molecule has 1 heterocycles. The summed E-state index contributed by atoms with van der Waals surface area (Å²) in [7, 11) is 1.39. The number of rotatable bonds is 1. The van der Waals surface area contributed by atoms with Gasteiger partial charge in [0.05, 0.1) is 13.0 Å². The van der Waals surface area contributed by atoms with Crippen LogP contribution in [0, 0.1) is 5.92 Å². The van der Waals surface area contributed by atoms with E-state index in [9.17, 15) is 4.79 Å². The lowest BCUT2D eigenvalue weighted by Gasteiger charge is -2.26. The number of esters is 1. The predicted octanol–water partition coefficient (Wildman–Crippen LogP) is -0.904. The molecule has 0 bridgehead atoms. The van der Waals surface area contributed by atoms with Crippen LogP contribution in [0.15, 0.2) is 0 Å². The smallest absolute Gasteiger partial charge is 0.311 e. The van der Waals surface area contributed by atoms with Crippen molar-refractivity contribution in [1.82, 2.24) is 5.32 Å². The fraction of sp³-hybridized carbons (Fsp3) is 0.857. The van der Waals surface area contributed by atoms with E-state index >= 15 is 0 Å². The lowest BCUT2D eigenvalue weighted by molar-refractivity contribution is -0.146. The number of ether oxygens (including phenoxy) is 1. The molecule has 1 rings (SSSR count). The summed E-state index contributed by atoms with van der Waals surface area (Å²) in [6, 6.07) is -0.0382. The minimum absolute atomic E-state index is 0.0382. The lowest BCUT2D eigenvalue weighted by atomic mass is 9.94. The van der Waals surface area contributed by atoms with Crippen molar-refractivity contribution in [2.75, 3.05) is 20.2 Å². The van der Waals surface area contributed by atoms with Gasteiger partial charge < -0.3 is 15.8 Å². The molecule has 0 unspecified atom stereocenters. The molecule has 1 aliphatic heterocycles. The maximum absolute atomic E-state index is 11.0. The van der Waals surface area contributed by atoms with E-state index in [2.05, 4.69) is 10.1 Å². The largest absolute Gasteiger partial charge is 0.469 e. The van der Waals surface area contributed by atoms with Gasteiger partial charge in [-0.15, -0.1) is 0 Å². The fourth-order valence-corrected chi connectivity index (χ4v) is 1.29. The predicted molar refractivity (Wildman–Crippen MR) is 41.0 cm³/mol. The van der Waals surface area contributed by atoms with Crippen molar-refractivity contribution in [2.24, 2.45) is 11.7 Å². The molecule has 0 aliphatic carbocycles. The minimum Gasteiger partial charge on any atom is -0.469 e. The molecule has 2 atom stereocenters. The van der Waals surface area contributed by atoms with Crippen LogP contribution in [0.3, 0.4) is 0 Å². The van der Waals surface area contributed by atoms with E-state index in [0.29, 0.717) is 6.54 Å². The second kappa shape index (κ2) is 3.69. The molecule has 0 aromatic rings. The molecular weight excluding hydrogens is 144 g/mol. The zero-order valence-electron chi connectivity index (χ0n) is 6.67. The quantitative estimate of drug-likeness (QED) is 0.485. The van der Waals surface area contributed by atoms with E-state index in [1.807, 2.05) is 0 Å². The van der Waals surface area contributed by atoms with Gasteiger partial charge in [0, 0.05) is 12.6 Å². The Balaban J connectivity index is 2.47. The van der Waals surface area contributed by atoms with Crippen LogP contribution in [0.4, 0.5) is 0 Å². The molecule has 3 N–H and O–H groups in total. The van der Waals surface area contributed by atoms with Crippen LogP contribution in [0.5, 0.6) is 0 Å². The van der Waals surface area contributed by atoms with Gasteiger partial charge in [-0.05, 0) is 13.0 Å². The molecule has 0 amide bonds. The molecule has 4 heteroatoms. The molecule has 64 valence electrons. The van der Waals surface area contributed by atoms with Gasteiger partial charge in [0.2, 0.25) is 0 Å². The Kier molecular flexibility index (Phi) is 2.84. The van der Waals surface area contributed by atoms with Gasteiger partial charge >= 0.3 is 5.97 Å². The maximum atomic E-state index is 11.0. The van der Waals surface area contributed by atoms with Gasteiger partial charge in [-0.25, -0.2) is 0 Å². The van der Waals surface area contributed by atoms with Crippen molar-refractivity contribution in [1.29, 1.82) is 0 Å². The molecule has 1 aliphatic rings. The standard InChI is InChI=1S/C7H14N2O2/c1-11-7(10)5-4-9-3-2-6(5)8/h5-6,9H,2-4,8H2,1H3/t5-,6+/m1/s1. The number of nitrogens with two attached hydrogens (primary N) is 1. The van der Waals surface area contributed by atoms with E-state index in [4.69, 9.17) is 5.73 Å². The van der Waals surface area contributed by atoms with Crippen LogP contribution < -0.4 is 11.1 Å². The average Bonchev–Trinajstić information content (AvgIpc) is 2.04. The van der Waals surface area contributed by atoms with Gasteiger partial charge in [0.25, 0.3) is 0 Å². The summed E-state index contributed by atoms with van der Waals surface area (Å²) in [4.78, 5) is 11.0. The van der Waals surface area contributed by atoms with Crippen LogP contribution in [-0.4, -0.2) is 32.2 Å². The summed E-state index contributed by atoms with van der Waals surface area (Å²) < 4.78 is 4.60. The highest BCUT2D eigenvalue weighted by Gasteiger charge is 2.28. The first-order chi connectivity index (χ1) is 5.25. The number of hydrogen-bond acceptors (Lipinski definition) is 4. The monoisotopic (exact) mass is 158 g/mol. The molecule has 1 saturated heterocycles. The summed E-state index contributed by atoms with van der Waals surface area (Å²) >= 11 is 0. The number of carbonyl (C=O) groups is 1. The van der Waals surface area contributed by atoms with E-state index in [0.717, 1.165) is 13.0 Å². The Morgan fingerprint density at radius 1 is 1.73 bits per heavy atom. The summed E-state index contributed by atoms with van der Waals surface area (Å²) in [6.45, 7) is 1.54. The van der Waals surface area contributed by atoms with Crippen molar-refractivity contribution in [3.05, 3.63) is 0 Å². The number of methoxy groups -OCH3 is 1. The minimum atomic E-state index is -0.204. The van der Waals surface area contributed by atoms with Crippen LogP contribution in [0.1, 0.15) is 6.42 Å². The Bertz CT molecular complexity index is 149. The first kappa shape index (κ1) is 8.49. The van der Waals surface area contributed by atoms with E-state index < -0.39 is 0 Å². The topological polar surface area (TPSA) is 64.3 Å². The first-order valence-corrected chi connectivity index (χ1v) is 3.80. The molecule has 0 saturated carbocycles. The van der Waals surface area contributed by atoms with Crippen molar-refractivity contribution < 1.29 is 9.53 Å². The SMILES string of the molecule is COC(=O)[C@@H]1CNCC[C@@H]1N. The highest BCUT2D eigenvalue weighted by molar-refractivity contribution is 5.73. The van der Waals surface area contributed by atoms with Crippen molar-refractivity contribution in [3.8, 4) is 0 Å². The molecular formula is C7H14N2O2. The third kappa shape index (κ3) is 1.91. The summed E-state index contributed by atoms with van der Waals surface area (Å²) in [5.41, 5.74) is 5.71. The van der Waals surface area contributed by atoms with Crippen LogP contribution in [0.2, 0.25) is 0 Å². The first-order valence-electron chi connectivity index (χ1n) is 3.80. The van der Waals surface area contributed by atoms with Crippen molar-refractivity contribution in [2.45, 2.75) is 12.5 Å². The van der Waals surface area contributed by atoms with E-state index in [-0.39, 0.29) is 17.9 Å². The maximum Gasteiger partial charge on any atom is 0.311 e. The molecule has 0 spiro atoms. The third-order valence-electron chi connectivity index (χ3n) is 2.04. The van der Waals surface area contributed by atoms with Gasteiger partial charge in [0.15, 0.2) is 0 Å². The zero-order chi connectivity index (χ0) is 8.27. The average molecular weight is 158 g/mol. The van der Waals surface area contributed by atoms with Crippen LogP contribution in [0.25, 0.3) is 0 Å². The molecule has 11 heavy (non-hydrogen) atoms. The second-order valence-electron chi connectivity index (χ2n) is 2.79. The van der Waals surface area contributed by atoms with Crippen molar-refractivity contribution >= 4 is 5.97 Å². The van der Waals surface area contributed by atoms with Gasteiger partial charge in [0.1, 0.15) is 0 Å². The summed E-state index contributed by atoms with van der Waals surface area (Å²) in [5, 5.41) is 3.10. The lowest BCUT2D eigenvalue weighted by Crippen LogP contribution is -2.48. The number of hydrogen-bond donors (Lipinski definition) is 2. The van der Waals surface area contributed by atoms with Crippen LogP contribution >= 0.6 is 0 Å². The Morgan fingerprint density at radius 3 is 3.00 bits per heavy atom. The number of carbonyl (C=O) groups excluding carboxylic acids is 1. The highest BCUT2D eigenvalue weighted by Crippen LogP contribution is 2.09. The fourth-order valence-electron chi connectivity index (χ4n) is 1.29. The summed E-state index contributed by atoms with van der Waals surface area (Å²) in [6.07, 6.45) is 0.847. The van der Waals surface area contributed by atoms with Gasteiger partial charge in [-0.2, -0.15) is 0 Å². The van der Waals surface area contributed by atoms with E-state index in [1.54, 1.807) is 0 Å². The molecule has 0 aromatic carbocycles. The molecule has 0 radical (unpaired) electrons. The van der Waals surface area contributed by atoms with Gasteiger partial charge in [-0.3, -0.25) is 4.79 Å². The normalized spacial score (nSPS) is 31.5. The molecule has 4 nitrogen and oxygen atoms in total. The van der Waals surface area contributed by atoms with E-state index in [1.165, 1.54) is 7.11 Å². The molecule has 0 aromatic heterocycles. The van der Waals surface area contributed by atoms with Crippen LogP contribution in [-0.2, 0) is 9.53 Å².